The Morgan fingerprint density at radius 1 is 0.392 bits per heavy atom. The van der Waals surface area contributed by atoms with Crippen molar-refractivity contribution < 1.29 is 14.9 Å². The van der Waals surface area contributed by atoms with Crippen molar-refractivity contribution in [2.24, 2.45) is 0 Å². The molecule has 6 heterocycles. The highest BCUT2D eigenvalue weighted by atomic mass is 16.5. The van der Waals surface area contributed by atoms with Crippen LogP contribution in [0.4, 0.5) is 0 Å². The van der Waals surface area contributed by atoms with E-state index in [0.29, 0.717) is 12.1 Å². The summed E-state index contributed by atoms with van der Waals surface area (Å²) in [5, 5.41) is 18.0. The summed E-state index contributed by atoms with van der Waals surface area (Å²) in [6.07, 6.45) is 17.6. The van der Waals surface area contributed by atoms with E-state index in [9.17, 15) is 0 Å². The van der Waals surface area contributed by atoms with Crippen LogP contribution in [0.25, 0.3) is 0 Å². The summed E-state index contributed by atoms with van der Waals surface area (Å²) in [7, 11) is 1.00. The van der Waals surface area contributed by atoms with Gasteiger partial charge in [0.25, 0.3) is 0 Å². The normalized spacial score (nSPS) is 18.0. The second kappa shape index (κ2) is 52.7. The maximum atomic E-state index is 7.57. The largest absolute Gasteiger partial charge is 0.400 e. The van der Waals surface area contributed by atoms with Crippen LogP contribution in [0, 0.1) is 83.5 Å². The molecule has 3 N–H and O–H groups in total. The summed E-state index contributed by atoms with van der Waals surface area (Å²) in [4.78, 5) is 17.1. The fourth-order valence-electron chi connectivity index (χ4n) is 8.38. The van der Waals surface area contributed by atoms with Gasteiger partial charge in [0.2, 0.25) is 0 Å². The SMILES string of the molecule is C.C#CC#CC#CC#CC#CC#CC#CN1CCN(C(C)C)CC1.CC(C)N1CCCC1.CC(C)N1CCCC1.CC(C)N1CCCCCC1.CC(C)N1CCCNCC1.CC(C)N1CCOCC1.CCO.CO. The third kappa shape index (κ3) is 43.5. The molecule has 0 bridgehead atoms. The Morgan fingerprint density at radius 2 is 0.676 bits per heavy atom. The summed E-state index contributed by atoms with van der Waals surface area (Å²) in [6, 6.07) is 7.35. The molecule has 0 aliphatic carbocycles. The molecule has 6 aliphatic heterocycles. The molecule has 0 atom stereocenters. The van der Waals surface area contributed by atoms with Crippen molar-refractivity contribution in [3.8, 4) is 83.5 Å². The van der Waals surface area contributed by atoms with E-state index >= 15 is 0 Å². The van der Waals surface area contributed by atoms with Gasteiger partial charge >= 0.3 is 0 Å². The number of terminal acetylenes is 1. The van der Waals surface area contributed by atoms with Gasteiger partial charge in [-0.3, -0.25) is 14.7 Å². The predicted molar refractivity (Wildman–Crippen MR) is 320 cm³/mol. The number of aliphatic hydroxyl groups is 2. The van der Waals surface area contributed by atoms with E-state index < -0.39 is 0 Å². The molecule has 6 aliphatic rings. The summed E-state index contributed by atoms with van der Waals surface area (Å²) < 4.78 is 5.21. The van der Waals surface area contributed by atoms with E-state index in [1.807, 2.05) is 0 Å². The van der Waals surface area contributed by atoms with Gasteiger partial charge in [0.1, 0.15) is 0 Å². The van der Waals surface area contributed by atoms with Gasteiger partial charge in [0, 0.05) is 144 Å². The van der Waals surface area contributed by atoms with E-state index in [4.69, 9.17) is 21.4 Å². The molecule has 74 heavy (non-hydrogen) atoms. The molecule has 0 saturated carbocycles. The van der Waals surface area contributed by atoms with E-state index in [1.165, 1.54) is 117 Å². The van der Waals surface area contributed by atoms with Gasteiger partial charge < -0.3 is 39.9 Å². The van der Waals surface area contributed by atoms with Crippen LogP contribution in [0.1, 0.15) is 155 Å². The molecular weight excluding hydrogens is 917 g/mol. The maximum Gasteiger partial charge on any atom is 0.0594 e. The second-order valence-corrected chi connectivity index (χ2v) is 20.3. The van der Waals surface area contributed by atoms with Crippen molar-refractivity contribution >= 4 is 0 Å². The highest BCUT2D eigenvalue weighted by molar-refractivity contribution is 5.44. The Bertz CT molecular complexity index is 1670. The van der Waals surface area contributed by atoms with Crippen molar-refractivity contribution in [2.45, 2.75) is 191 Å². The highest BCUT2D eigenvalue weighted by Crippen LogP contribution is 2.13. The van der Waals surface area contributed by atoms with E-state index in [1.54, 1.807) is 6.92 Å². The molecule has 11 heteroatoms. The molecule has 422 valence electrons. The molecule has 0 aromatic heterocycles. The zero-order valence-electron chi connectivity index (χ0n) is 49.3. The minimum Gasteiger partial charge on any atom is -0.400 e. The van der Waals surface area contributed by atoms with Gasteiger partial charge in [-0.1, -0.05) is 20.3 Å². The fraction of sp³-hybridized carbons (Fsp3) is 0.778. The number of piperazine rings is 1. The maximum absolute atomic E-state index is 7.57. The highest BCUT2D eigenvalue weighted by Gasteiger charge is 2.17. The van der Waals surface area contributed by atoms with Crippen LogP contribution in [-0.4, -0.2) is 212 Å². The Hall–Kier alpha value is -3.68. The van der Waals surface area contributed by atoms with Gasteiger partial charge in [0.05, 0.1) is 13.2 Å². The molecule has 11 nitrogen and oxygen atoms in total. The van der Waals surface area contributed by atoms with Crippen LogP contribution in [-0.2, 0) is 4.74 Å². The Morgan fingerprint density at radius 3 is 1.01 bits per heavy atom. The van der Waals surface area contributed by atoms with Crippen molar-refractivity contribution in [3.63, 3.8) is 0 Å². The first-order chi connectivity index (χ1) is 35.2. The number of nitrogens with zero attached hydrogens (tertiary/aromatic N) is 7. The molecule has 6 fully saturated rings. The van der Waals surface area contributed by atoms with Crippen LogP contribution in [0.2, 0.25) is 0 Å². The Labute approximate surface area is 459 Å². The van der Waals surface area contributed by atoms with Crippen LogP contribution in [0.15, 0.2) is 0 Å². The Balaban J connectivity index is -0.000000842. The van der Waals surface area contributed by atoms with Gasteiger partial charge in [-0.25, -0.2) is 0 Å². The zero-order chi connectivity index (χ0) is 54.9. The number of aliphatic hydroxyl groups excluding tert-OH is 2. The molecule has 0 amide bonds. The lowest BCUT2D eigenvalue weighted by Crippen LogP contribution is -2.47. The summed E-state index contributed by atoms with van der Waals surface area (Å²) in [5.41, 5.74) is 0. The number of rotatable bonds is 6. The molecule has 6 rings (SSSR count). The average Bonchev–Trinajstić information content (AvgIpc) is 4.00. The van der Waals surface area contributed by atoms with Crippen LogP contribution in [0.5, 0.6) is 0 Å². The number of likely N-dealkylation sites (tertiary alicyclic amines) is 3. The quantitative estimate of drug-likeness (QED) is 0.231. The number of hydrogen-bond donors (Lipinski definition) is 3. The zero-order valence-corrected chi connectivity index (χ0v) is 49.3. The van der Waals surface area contributed by atoms with Gasteiger partial charge in [0.15, 0.2) is 0 Å². The standard InChI is InChI=1S/C21H16N2.C9H19N.C8H18N2.C7H15NO.2C7H15N.C2H6O.CH4O.CH4/c1-4-5-6-7-8-9-10-11-12-13-14-15-16-22-17-19-23(20-18-22)21(2)3;1-9(2)10-7-5-3-4-6-8-10;1-8(2)10-6-3-4-9-5-7-10;1-7(2)8-3-5-9-6-4-8;2*1-7(2)8-5-3-4-6-8;1-2-3;1-2;/h1,21H,17-20H2,2-3H3;9H,3-8H2,1-2H3;8-9H,3-7H2,1-2H3;7H,3-6H2,1-2H3;2*7H,3-6H2,1-2H3;3H,2H2,1H3;2H,1H3;1H4. The van der Waals surface area contributed by atoms with Crippen molar-refractivity contribution in [3.05, 3.63) is 0 Å². The van der Waals surface area contributed by atoms with Crippen LogP contribution >= 0.6 is 0 Å². The minimum absolute atomic E-state index is 0. The van der Waals surface area contributed by atoms with Crippen LogP contribution in [0.3, 0.4) is 0 Å². The lowest BCUT2D eigenvalue weighted by Gasteiger charge is -2.34. The molecule has 0 aromatic rings. The molecule has 0 spiro atoms. The van der Waals surface area contributed by atoms with Gasteiger partial charge in [-0.2, -0.15) is 0 Å². The van der Waals surface area contributed by atoms with Gasteiger partial charge in [-0.15, -0.1) is 6.42 Å². The lowest BCUT2D eigenvalue weighted by molar-refractivity contribution is 0.0238. The monoisotopic (exact) mass is 1030 g/mol. The van der Waals surface area contributed by atoms with E-state index in [-0.39, 0.29) is 14.0 Å². The third-order valence-corrected chi connectivity index (χ3v) is 12.9. The topological polar surface area (TPSA) is 84.4 Å². The number of ether oxygens (including phenoxy) is 1. The molecule has 6 saturated heterocycles. The van der Waals surface area contributed by atoms with E-state index in [2.05, 4.69) is 200 Å². The second-order valence-electron chi connectivity index (χ2n) is 20.3. The molecular formula is C63H112N8O3. The number of nitrogens with one attached hydrogen (secondary N) is 1. The summed E-state index contributed by atoms with van der Waals surface area (Å²) in [5.74, 6) is 30.3. The fourth-order valence-corrected chi connectivity index (χ4v) is 8.38. The third-order valence-electron chi connectivity index (χ3n) is 12.9. The van der Waals surface area contributed by atoms with Gasteiger partial charge in [-0.05, 0) is 223 Å². The number of morpholine rings is 1. The molecule has 0 aromatic carbocycles. The molecule has 0 radical (unpaired) electrons. The van der Waals surface area contributed by atoms with E-state index in [0.717, 1.165) is 90.3 Å². The first-order valence-corrected chi connectivity index (χ1v) is 28.2. The summed E-state index contributed by atoms with van der Waals surface area (Å²) in [6.45, 7) is 49.9. The van der Waals surface area contributed by atoms with Crippen LogP contribution < -0.4 is 5.32 Å². The summed E-state index contributed by atoms with van der Waals surface area (Å²) >= 11 is 0. The predicted octanol–water partition coefficient (Wildman–Crippen LogP) is 7.54. The Kier molecular flexibility index (Phi) is 53.1. The molecule has 0 unspecified atom stereocenters. The average molecular weight is 1030 g/mol. The smallest absolute Gasteiger partial charge is 0.0594 e. The first kappa shape index (κ1) is 74.6. The van der Waals surface area contributed by atoms with Crippen molar-refractivity contribution in [1.82, 2.24) is 39.6 Å². The lowest BCUT2D eigenvalue weighted by atomic mass is 10.2. The van der Waals surface area contributed by atoms with Crippen molar-refractivity contribution in [2.75, 3.05) is 132 Å². The van der Waals surface area contributed by atoms with Crippen molar-refractivity contribution in [1.29, 1.82) is 0 Å². The minimum atomic E-state index is 0. The number of hydrogen-bond acceptors (Lipinski definition) is 11. The first-order valence-electron chi connectivity index (χ1n) is 28.2.